The molecule has 1 aliphatic heterocycles. The molecule has 5 aromatic rings. The maximum absolute atomic E-state index is 11.0. The topological polar surface area (TPSA) is 103 Å². The number of benzene rings is 3. The Kier molecular flexibility index (Phi) is 7.28. The van der Waals surface area contributed by atoms with Crippen molar-refractivity contribution in [1.82, 2.24) is 15.0 Å². The van der Waals surface area contributed by atoms with Crippen LogP contribution in [0.4, 0.5) is 23.1 Å². The quantitative estimate of drug-likeness (QED) is 0.246. The number of H-pyrrole nitrogens is 1. The zero-order valence-corrected chi connectivity index (χ0v) is 21.4. The van der Waals surface area contributed by atoms with Gasteiger partial charge in [0, 0.05) is 73.0 Å². The fourth-order valence-corrected chi connectivity index (χ4v) is 4.94. The normalized spacial score (nSPS) is 13.5. The monoisotopic (exact) mass is 528 g/mol. The number of hydrogen-bond acceptors (Lipinski definition) is 7. The van der Waals surface area contributed by atoms with Crippen LogP contribution in [0.15, 0.2) is 79.0 Å². The summed E-state index contributed by atoms with van der Waals surface area (Å²) in [6, 6.07) is 23.2. The van der Waals surface area contributed by atoms with E-state index in [-0.39, 0.29) is 23.0 Å². The number of rotatable bonds is 7. The van der Waals surface area contributed by atoms with Gasteiger partial charge in [0.15, 0.2) is 0 Å². The van der Waals surface area contributed by atoms with E-state index in [0.29, 0.717) is 0 Å². The Bertz CT molecular complexity index is 1560. The number of nitro benzene ring substituents is 1. The highest BCUT2D eigenvalue weighted by atomic mass is 35.5. The van der Waals surface area contributed by atoms with Gasteiger partial charge in [-0.05, 0) is 42.3 Å². The molecule has 0 unspecified atom stereocenters. The number of hydrogen-bond donors (Lipinski definition) is 2. The van der Waals surface area contributed by atoms with Crippen molar-refractivity contribution in [2.75, 3.05) is 47.8 Å². The van der Waals surface area contributed by atoms with E-state index in [2.05, 4.69) is 50.6 Å². The minimum Gasteiger partial charge on any atom is -1.00 e. The van der Waals surface area contributed by atoms with Crippen molar-refractivity contribution in [1.29, 1.82) is 0 Å². The molecule has 0 aliphatic carbocycles. The number of nitrogens with one attached hydrogen (secondary N) is 2. The number of para-hydroxylation sites is 2. The SMILES string of the molecule is O=[N+]([O-])c1ccc(N2CCN(c3nc(NCCc4c[nH]c5ccccc45)c4ccccc4n3)CC2)cc1.[Cl-]. The second-order valence-electron chi connectivity index (χ2n) is 9.17. The number of halogens is 1. The van der Waals surface area contributed by atoms with Gasteiger partial charge in [-0.15, -0.1) is 0 Å². The van der Waals surface area contributed by atoms with E-state index in [1.807, 2.05) is 36.4 Å². The molecule has 38 heavy (non-hydrogen) atoms. The highest BCUT2D eigenvalue weighted by Gasteiger charge is 2.21. The van der Waals surface area contributed by atoms with Gasteiger partial charge in [0.1, 0.15) is 5.82 Å². The van der Waals surface area contributed by atoms with Gasteiger partial charge < -0.3 is 32.5 Å². The fourth-order valence-electron chi connectivity index (χ4n) is 4.94. The van der Waals surface area contributed by atoms with E-state index < -0.39 is 0 Å². The average Bonchev–Trinajstić information content (AvgIpc) is 3.36. The molecule has 3 heterocycles. The van der Waals surface area contributed by atoms with Crippen LogP contribution < -0.4 is 27.5 Å². The van der Waals surface area contributed by atoms with E-state index in [4.69, 9.17) is 9.97 Å². The van der Waals surface area contributed by atoms with Gasteiger partial charge in [0.05, 0.1) is 10.4 Å². The summed E-state index contributed by atoms with van der Waals surface area (Å²) in [5, 5.41) is 16.8. The Labute approximate surface area is 226 Å². The second-order valence-corrected chi connectivity index (χ2v) is 9.17. The average molecular weight is 529 g/mol. The number of anilines is 3. The molecule has 10 heteroatoms. The van der Waals surface area contributed by atoms with Gasteiger partial charge >= 0.3 is 0 Å². The third kappa shape index (κ3) is 5.05. The van der Waals surface area contributed by atoms with Crippen LogP contribution in [0, 0.1) is 10.1 Å². The Morgan fingerprint density at radius 1 is 0.868 bits per heavy atom. The summed E-state index contributed by atoms with van der Waals surface area (Å²) in [6.07, 6.45) is 2.96. The maximum Gasteiger partial charge on any atom is 0.269 e. The smallest absolute Gasteiger partial charge is 0.269 e. The van der Waals surface area contributed by atoms with Crippen molar-refractivity contribution in [3.63, 3.8) is 0 Å². The van der Waals surface area contributed by atoms with Crippen LogP contribution in [0.3, 0.4) is 0 Å². The van der Waals surface area contributed by atoms with Crippen molar-refractivity contribution in [3.05, 3.63) is 94.7 Å². The number of piperazine rings is 1. The van der Waals surface area contributed by atoms with Crippen molar-refractivity contribution in [3.8, 4) is 0 Å². The van der Waals surface area contributed by atoms with Crippen LogP contribution in [0.1, 0.15) is 5.56 Å². The molecule has 0 saturated carbocycles. The van der Waals surface area contributed by atoms with E-state index in [1.165, 1.54) is 10.9 Å². The highest BCUT2D eigenvalue weighted by molar-refractivity contribution is 5.90. The first-order chi connectivity index (χ1) is 18.2. The first-order valence-corrected chi connectivity index (χ1v) is 12.5. The molecule has 0 atom stereocenters. The summed E-state index contributed by atoms with van der Waals surface area (Å²) in [6.45, 7) is 3.87. The first kappa shape index (κ1) is 25.3. The highest BCUT2D eigenvalue weighted by Crippen LogP contribution is 2.26. The Hall–Kier alpha value is -4.37. The predicted molar refractivity (Wildman–Crippen MR) is 148 cm³/mol. The lowest BCUT2D eigenvalue weighted by molar-refractivity contribution is -0.384. The molecule has 6 rings (SSSR count). The molecule has 1 saturated heterocycles. The van der Waals surface area contributed by atoms with Crippen molar-refractivity contribution >= 4 is 44.9 Å². The molecule has 194 valence electrons. The van der Waals surface area contributed by atoms with Gasteiger partial charge in [0.25, 0.3) is 5.69 Å². The van der Waals surface area contributed by atoms with Gasteiger partial charge in [-0.2, -0.15) is 4.98 Å². The lowest BCUT2D eigenvalue weighted by atomic mass is 10.1. The first-order valence-electron chi connectivity index (χ1n) is 12.5. The zero-order chi connectivity index (χ0) is 25.2. The Morgan fingerprint density at radius 2 is 1.55 bits per heavy atom. The van der Waals surface area contributed by atoms with Crippen molar-refractivity contribution in [2.24, 2.45) is 0 Å². The van der Waals surface area contributed by atoms with Crippen LogP contribution in [0.5, 0.6) is 0 Å². The molecule has 1 aliphatic rings. The lowest BCUT2D eigenvalue weighted by Gasteiger charge is -2.36. The molecular formula is C28H27ClN7O2-. The standard InChI is InChI=1S/C28H27N7O2.ClH/c36-35(37)22-11-9-21(10-12-22)33-15-17-34(18-16-33)28-31-26-8-4-2-6-24(26)27(32-28)29-14-13-20-19-30-25-7-3-1-5-23(20)25;/h1-12,19,30H,13-18H2,(H,29,31,32);1H/p-1. The van der Waals surface area contributed by atoms with Gasteiger partial charge in [-0.25, -0.2) is 4.98 Å². The summed E-state index contributed by atoms with van der Waals surface area (Å²) in [5.74, 6) is 1.56. The molecular weight excluding hydrogens is 502 g/mol. The van der Waals surface area contributed by atoms with Crippen LogP contribution in [-0.2, 0) is 6.42 Å². The fraction of sp³-hybridized carbons (Fsp3) is 0.214. The molecule has 0 radical (unpaired) electrons. The van der Waals surface area contributed by atoms with Crippen LogP contribution in [-0.4, -0.2) is 52.6 Å². The van der Waals surface area contributed by atoms with E-state index >= 15 is 0 Å². The third-order valence-corrected chi connectivity index (χ3v) is 6.94. The van der Waals surface area contributed by atoms with Crippen LogP contribution >= 0.6 is 0 Å². The van der Waals surface area contributed by atoms with Gasteiger partial charge in [-0.1, -0.05) is 30.3 Å². The number of aromatic nitrogens is 3. The molecule has 2 aromatic heterocycles. The number of non-ortho nitro benzene ring substituents is 1. The Morgan fingerprint density at radius 3 is 2.32 bits per heavy atom. The minimum atomic E-state index is -0.370. The second kappa shape index (κ2) is 10.9. The summed E-state index contributed by atoms with van der Waals surface area (Å²) in [5.41, 5.74) is 4.45. The molecule has 0 bridgehead atoms. The number of aromatic amines is 1. The Balaban J connectivity index is 0.00000294. The molecule has 9 nitrogen and oxygen atoms in total. The van der Waals surface area contributed by atoms with Crippen molar-refractivity contribution < 1.29 is 17.3 Å². The largest absolute Gasteiger partial charge is 1.00 e. The van der Waals surface area contributed by atoms with Crippen LogP contribution in [0.2, 0.25) is 0 Å². The summed E-state index contributed by atoms with van der Waals surface area (Å²) >= 11 is 0. The molecule has 0 spiro atoms. The zero-order valence-electron chi connectivity index (χ0n) is 20.7. The molecule has 0 amide bonds. The maximum atomic E-state index is 11.0. The lowest BCUT2D eigenvalue weighted by Crippen LogP contribution is -3.00. The summed E-state index contributed by atoms with van der Waals surface area (Å²) in [4.78, 5) is 28.2. The van der Waals surface area contributed by atoms with Gasteiger partial charge in [0.2, 0.25) is 5.95 Å². The molecule has 2 N–H and O–H groups in total. The minimum absolute atomic E-state index is 0. The number of fused-ring (bicyclic) bond motifs is 2. The van der Waals surface area contributed by atoms with Crippen molar-refractivity contribution in [2.45, 2.75) is 6.42 Å². The van der Waals surface area contributed by atoms with E-state index in [9.17, 15) is 10.1 Å². The van der Waals surface area contributed by atoms with Gasteiger partial charge in [-0.3, -0.25) is 10.1 Å². The van der Waals surface area contributed by atoms with E-state index in [1.54, 1.807) is 12.1 Å². The number of nitro groups is 1. The summed E-state index contributed by atoms with van der Waals surface area (Å²) < 4.78 is 0. The van der Waals surface area contributed by atoms with E-state index in [0.717, 1.165) is 73.0 Å². The molecule has 3 aromatic carbocycles. The van der Waals surface area contributed by atoms with Crippen LogP contribution in [0.25, 0.3) is 21.8 Å². The summed E-state index contributed by atoms with van der Waals surface area (Å²) in [7, 11) is 0. The third-order valence-electron chi connectivity index (χ3n) is 6.94. The number of nitrogens with zero attached hydrogens (tertiary/aromatic N) is 5. The predicted octanol–water partition coefficient (Wildman–Crippen LogP) is 2.00. The molecule has 1 fully saturated rings.